The van der Waals surface area contributed by atoms with Gasteiger partial charge in [0.25, 0.3) is 0 Å². The summed E-state index contributed by atoms with van der Waals surface area (Å²) in [4.78, 5) is 10.8. The molecular formula is C16H20N6. The summed E-state index contributed by atoms with van der Waals surface area (Å²) in [6, 6.07) is 4.24. The second-order valence-electron chi connectivity index (χ2n) is 6.33. The van der Waals surface area contributed by atoms with Crippen LogP contribution in [0.5, 0.6) is 0 Å². The van der Waals surface area contributed by atoms with Gasteiger partial charge in [-0.05, 0) is 37.5 Å². The number of nitrogens with one attached hydrogen (secondary N) is 1. The molecule has 2 aliphatic rings. The lowest BCUT2D eigenvalue weighted by Gasteiger charge is -2.39. The Balaban J connectivity index is 1.25. The number of aryl methyl sites for hydroxylation is 1. The molecule has 0 bridgehead atoms. The SMILES string of the molecule is Cc1cnc(NCC2CN(c3ccc(C4CC4)nn3)C2)nc1. The van der Waals surface area contributed by atoms with E-state index in [0.29, 0.717) is 17.8 Å². The van der Waals surface area contributed by atoms with E-state index in [1.54, 1.807) is 0 Å². The van der Waals surface area contributed by atoms with Crippen molar-refractivity contribution in [2.75, 3.05) is 29.9 Å². The fourth-order valence-corrected chi connectivity index (χ4v) is 2.71. The highest BCUT2D eigenvalue weighted by atomic mass is 15.3. The van der Waals surface area contributed by atoms with Gasteiger partial charge < -0.3 is 10.2 Å². The molecule has 0 atom stereocenters. The van der Waals surface area contributed by atoms with Gasteiger partial charge in [0.15, 0.2) is 5.82 Å². The van der Waals surface area contributed by atoms with Gasteiger partial charge in [0, 0.05) is 43.9 Å². The minimum atomic E-state index is 0.606. The summed E-state index contributed by atoms with van der Waals surface area (Å²) >= 11 is 0. The second-order valence-corrected chi connectivity index (χ2v) is 6.33. The summed E-state index contributed by atoms with van der Waals surface area (Å²) in [6.45, 7) is 4.91. The van der Waals surface area contributed by atoms with E-state index >= 15 is 0 Å². The van der Waals surface area contributed by atoms with E-state index in [-0.39, 0.29) is 0 Å². The molecule has 4 rings (SSSR count). The summed E-state index contributed by atoms with van der Waals surface area (Å²) < 4.78 is 0. The Labute approximate surface area is 130 Å². The van der Waals surface area contributed by atoms with Gasteiger partial charge in [-0.3, -0.25) is 0 Å². The van der Waals surface area contributed by atoms with Crippen LogP contribution in [0, 0.1) is 12.8 Å². The molecule has 0 radical (unpaired) electrons. The highest BCUT2D eigenvalue weighted by Crippen LogP contribution is 2.38. The number of hydrogen-bond donors (Lipinski definition) is 1. The lowest BCUT2D eigenvalue weighted by Crippen LogP contribution is -2.50. The summed E-state index contributed by atoms with van der Waals surface area (Å²) in [6.07, 6.45) is 6.21. The Morgan fingerprint density at radius 1 is 1.14 bits per heavy atom. The zero-order valence-electron chi connectivity index (χ0n) is 12.7. The molecule has 1 N–H and O–H groups in total. The summed E-state index contributed by atoms with van der Waals surface area (Å²) in [5.74, 6) is 2.98. The van der Waals surface area contributed by atoms with Crippen LogP contribution in [0.4, 0.5) is 11.8 Å². The first-order chi connectivity index (χ1) is 10.8. The first-order valence-electron chi connectivity index (χ1n) is 7.89. The largest absolute Gasteiger partial charge is 0.354 e. The number of hydrogen-bond acceptors (Lipinski definition) is 6. The van der Waals surface area contributed by atoms with Crippen LogP contribution in [-0.4, -0.2) is 39.8 Å². The lowest BCUT2D eigenvalue weighted by atomic mass is 10.0. The van der Waals surface area contributed by atoms with Crippen molar-refractivity contribution < 1.29 is 0 Å². The lowest BCUT2D eigenvalue weighted by molar-refractivity contribution is 0.424. The van der Waals surface area contributed by atoms with Crippen LogP contribution in [0.15, 0.2) is 24.5 Å². The monoisotopic (exact) mass is 296 g/mol. The Bertz CT molecular complexity index is 629. The van der Waals surface area contributed by atoms with E-state index in [4.69, 9.17) is 0 Å². The van der Waals surface area contributed by atoms with Gasteiger partial charge in [0.1, 0.15) is 0 Å². The average Bonchev–Trinajstić information content (AvgIpc) is 3.33. The second kappa shape index (κ2) is 5.51. The molecule has 1 aliphatic heterocycles. The highest BCUT2D eigenvalue weighted by molar-refractivity contribution is 5.41. The van der Waals surface area contributed by atoms with E-state index in [9.17, 15) is 0 Å². The van der Waals surface area contributed by atoms with Crippen LogP contribution in [-0.2, 0) is 0 Å². The summed E-state index contributed by atoms with van der Waals surface area (Å²) in [5, 5.41) is 12.0. The van der Waals surface area contributed by atoms with Gasteiger partial charge in [-0.15, -0.1) is 5.10 Å². The number of nitrogens with zero attached hydrogens (tertiary/aromatic N) is 5. The molecule has 2 fully saturated rings. The molecule has 22 heavy (non-hydrogen) atoms. The molecule has 6 nitrogen and oxygen atoms in total. The smallest absolute Gasteiger partial charge is 0.222 e. The summed E-state index contributed by atoms with van der Waals surface area (Å²) in [7, 11) is 0. The minimum absolute atomic E-state index is 0.606. The van der Waals surface area contributed by atoms with Gasteiger partial charge in [-0.1, -0.05) is 0 Å². The Morgan fingerprint density at radius 2 is 1.91 bits per heavy atom. The number of aromatic nitrogens is 4. The van der Waals surface area contributed by atoms with Crippen molar-refractivity contribution in [1.29, 1.82) is 0 Å². The van der Waals surface area contributed by atoms with E-state index in [1.165, 1.54) is 12.8 Å². The maximum absolute atomic E-state index is 4.36. The van der Waals surface area contributed by atoms with E-state index in [0.717, 1.165) is 36.7 Å². The summed E-state index contributed by atoms with van der Waals surface area (Å²) in [5.41, 5.74) is 2.23. The van der Waals surface area contributed by atoms with E-state index in [1.807, 2.05) is 19.3 Å². The predicted octanol–water partition coefficient (Wildman–Crippen LogP) is 2.00. The Hall–Kier alpha value is -2.24. The molecule has 0 unspecified atom stereocenters. The molecule has 6 heteroatoms. The van der Waals surface area contributed by atoms with Crippen molar-refractivity contribution in [3.05, 3.63) is 35.8 Å². The highest BCUT2D eigenvalue weighted by Gasteiger charge is 2.29. The number of anilines is 2. The maximum Gasteiger partial charge on any atom is 0.222 e. The van der Waals surface area contributed by atoms with E-state index < -0.39 is 0 Å². The normalized spacial score (nSPS) is 18.1. The molecule has 2 aromatic rings. The zero-order valence-corrected chi connectivity index (χ0v) is 12.7. The van der Waals surface area contributed by atoms with Crippen LogP contribution in [0.1, 0.15) is 30.0 Å². The quantitative estimate of drug-likeness (QED) is 0.910. The van der Waals surface area contributed by atoms with Gasteiger partial charge in [-0.2, -0.15) is 5.10 Å². The fraction of sp³-hybridized carbons (Fsp3) is 0.500. The molecule has 0 amide bonds. The fourth-order valence-electron chi connectivity index (χ4n) is 2.71. The first kappa shape index (κ1) is 13.4. The number of rotatable bonds is 5. The van der Waals surface area contributed by atoms with Crippen molar-refractivity contribution in [2.45, 2.75) is 25.7 Å². The van der Waals surface area contributed by atoms with Crippen molar-refractivity contribution >= 4 is 11.8 Å². The average molecular weight is 296 g/mol. The van der Waals surface area contributed by atoms with Crippen molar-refractivity contribution in [3.63, 3.8) is 0 Å². The van der Waals surface area contributed by atoms with Crippen LogP contribution in [0.25, 0.3) is 0 Å². The van der Waals surface area contributed by atoms with Gasteiger partial charge in [-0.25, -0.2) is 9.97 Å². The van der Waals surface area contributed by atoms with Crippen LogP contribution >= 0.6 is 0 Å². The van der Waals surface area contributed by atoms with Crippen molar-refractivity contribution in [2.24, 2.45) is 5.92 Å². The zero-order chi connectivity index (χ0) is 14.9. The molecule has 1 saturated carbocycles. The molecule has 1 aliphatic carbocycles. The molecule has 0 aromatic carbocycles. The molecule has 114 valence electrons. The molecule has 0 spiro atoms. The molecular weight excluding hydrogens is 276 g/mol. The first-order valence-corrected chi connectivity index (χ1v) is 7.89. The Morgan fingerprint density at radius 3 is 2.55 bits per heavy atom. The maximum atomic E-state index is 4.36. The van der Waals surface area contributed by atoms with E-state index in [2.05, 4.69) is 42.5 Å². The third-order valence-corrected chi connectivity index (χ3v) is 4.28. The van der Waals surface area contributed by atoms with Gasteiger partial charge in [0.2, 0.25) is 5.95 Å². The third-order valence-electron chi connectivity index (χ3n) is 4.28. The minimum Gasteiger partial charge on any atom is -0.354 e. The van der Waals surface area contributed by atoms with Crippen LogP contribution < -0.4 is 10.2 Å². The van der Waals surface area contributed by atoms with Crippen molar-refractivity contribution in [1.82, 2.24) is 20.2 Å². The molecule has 3 heterocycles. The molecule has 1 saturated heterocycles. The van der Waals surface area contributed by atoms with Crippen molar-refractivity contribution in [3.8, 4) is 0 Å². The van der Waals surface area contributed by atoms with Crippen LogP contribution in [0.3, 0.4) is 0 Å². The topological polar surface area (TPSA) is 66.8 Å². The standard InChI is InChI=1S/C16H20N6/c1-11-6-17-16(18-7-11)19-8-12-9-22(10-12)15-5-4-14(20-21-15)13-2-3-13/h4-7,12-13H,2-3,8-10H2,1H3,(H,17,18,19). The third kappa shape index (κ3) is 2.86. The van der Waals surface area contributed by atoms with Gasteiger partial charge in [0.05, 0.1) is 5.69 Å². The van der Waals surface area contributed by atoms with Crippen LogP contribution in [0.2, 0.25) is 0 Å². The predicted molar refractivity (Wildman–Crippen MR) is 85.0 cm³/mol. The molecule has 2 aromatic heterocycles. The van der Waals surface area contributed by atoms with Gasteiger partial charge >= 0.3 is 0 Å². The Kier molecular flexibility index (Phi) is 3.36.